The van der Waals surface area contributed by atoms with Crippen molar-refractivity contribution in [2.75, 3.05) is 5.75 Å². The van der Waals surface area contributed by atoms with Gasteiger partial charge < -0.3 is 10.1 Å². The lowest BCUT2D eigenvalue weighted by atomic mass is 10.1. The van der Waals surface area contributed by atoms with Gasteiger partial charge in [0.2, 0.25) is 5.88 Å². The first-order valence-corrected chi connectivity index (χ1v) is 7.24. The second-order valence-corrected chi connectivity index (χ2v) is 5.49. The summed E-state index contributed by atoms with van der Waals surface area (Å²) in [5, 5.41) is 9.98. The molecule has 100 valence electrons. The summed E-state index contributed by atoms with van der Waals surface area (Å²) >= 11 is 1.64. The molecule has 0 spiro atoms. The molecule has 0 aliphatic heterocycles. The van der Waals surface area contributed by atoms with Gasteiger partial charge in [-0.25, -0.2) is 0 Å². The number of rotatable bonds is 4. The first kappa shape index (κ1) is 13.7. The molecule has 0 aliphatic carbocycles. The van der Waals surface area contributed by atoms with Crippen molar-refractivity contribution >= 4 is 11.8 Å². The Bertz CT molecular complexity index is 638. The summed E-state index contributed by atoms with van der Waals surface area (Å²) in [5.41, 5.74) is 1.64. The number of aromatic hydroxyl groups is 1. The fourth-order valence-electron chi connectivity index (χ4n) is 1.83. The van der Waals surface area contributed by atoms with E-state index < -0.39 is 0 Å². The highest BCUT2D eigenvalue weighted by Crippen LogP contribution is 2.24. The van der Waals surface area contributed by atoms with Crippen LogP contribution in [0.25, 0.3) is 11.1 Å². The predicted octanol–water partition coefficient (Wildman–Crippen LogP) is 2.70. The molecule has 1 aromatic heterocycles. The molecule has 0 atom stereocenters. The molecule has 4 nitrogen and oxygen atoms in total. The minimum absolute atomic E-state index is 0.207. The third-order valence-corrected chi connectivity index (χ3v) is 3.58. The quantitative estimate of drug-likeness (QED) is 0.901. The number of hydrogen-bond acceptors (Lipinski definition) is 4. The third-order valence-electron chi connectivity index (χ3n) is 2.70. The van der Waals surface area contributed by atoms with Gasteiger partial charge in [0.15, 0.2) is 0 Å². The van der Waals surface area contributed by atoms with Gasteiger partial charge in [-0.1, -0.05) is 36.8 Å². The summed E-state index contributed by atoms with van der Waals surface area (Å²) in [6.45, 7) is 3.97. The van der Waals surface area contributed by atoms with Crippen LogP contribution in [0.1, 0.15) is 18.3 Å². The van der Waals surface area contributed by atoms with E-state index in [1.807, 2.05) is 32.0 Å². The van der Waals surface area contributed by atoms with Crippen LogP contribution < -0.4 is 5.56 Å². The second-order valence-electron chi connectivity index (χ2n) is 4.22. The largest absolute Gasteiger partial charge is 0.493 e. The van der Waals surface area contributed by atoms with Gasteiger partial charge in [-0.05, 0) is 18.2 Å². The van der Waals surface area contributed by atoms with E-state index in [0.717, 1.165) is 11.3 Å². The van der Waals surface area contributed by atoms with Gasteiger partial charge in [-0.2, -0.15) is 16.7 Å². The van der Waals surface area contributed by atoms with Crippen molar-refractivity contribution in [2.24, 2.45) is 0 Å². The minimum atomic E-state index is -0.301. The molecule has 2 aromatic rings. The zero-order chi connectivity index (χ0) is 13.8. The molecule has 0 unspecified atom stereocenters. The molecule has 0 saturated heterocycles. The van der Waals surface area contributed by atoms with Gasteiger partial charge in [0.05, 0.1) is 5.75 Å². The van der Waals surface area contributed by atoms with Crippen molar-refractivity contribution in [1.29, 1.82) is 0 Å². The van der Waals surface area contributed by atoms with Crippen LogP contribution in [0.2, 0.25) is 0 Å². The summed E-state index contributed by atoms with van der Waals surface area (Å²) in [6, 6.07) is 7.44. The molecule has 2 rings (SSSR count). The minimum Gasteiger partial charge on any atom is -0.493 e. The van der Waals surface area contributed by atoms with Crippen LogP contribution in [0, 0.1) is 6.92 Å². The first-order valence-electron chi connectivity index (χ1n) is 6.08. The van der Waals surface area contributed by atoms with Gasteiger partial charge in [-0.3, -0.25) is 4.79 Å². The van der Waals surface area contributed by atoms with Crippen molar-refractivity contribution in [3.8, 4) is 17.0 Å². The lowest BCUT2D eigenvalue weighted by Gasteiger charge is -2.06. The maximum absolute atomic E-state index is 12.1. The molecule has 0 fully saturated rings. The highest BCUT2D eigenvalue weighted by Gasteiger charge is 2.12. The van der Waals surface area contributed by atoms with Crippen LogP contribution in [0.5, 0.6) is 5.88 Å². The molecular weight excluding hydrogens is 260 g/mol. The number of nitrogens with zero attached hydrogens (tertiary/aromatic N) is 1. The Morgan fingerprint density at radius 3 is 2.84 bits per heavy atom. The molecule has 0 saturated carbocycles. The van der Waals surface area contributed by atoms with E-state index in [1.165, 1.54) is 0 Å². The second kappa shape index (κ2) is 5.93. The van der Waals surface area contributed by atoms with E-state index in [4.69, 9.17) is 0 Å². The fraction of sp³-hybridized carbons (Fsp3) is 0.286. The van der Waals surface area contributed by atoms with Crippen LogP contribution in [-0.4, -0.2) is 20.8 Å². The molecule has 2 N–H and O–H groups in total. The van der Waals surface area contributed by atoms with Gasteiger partial charge in [0.1, 0.15) is 11.4 Å². The van der Waals surface area contributed by atoms with E-state index in [0.29, 0.717) is 17.1 Å². The van der Waals surface area contributed by atoms with Crippen molar-refractivity contribution in [2.45, 2.75) is 19.6 Å². The van der Waals surface area contributed by atoms with Crippen molar-refractivity contribution in [3.05, 3.63) is 46.0 Å². The van der Waals surface area contributed by atoms with E-state index in [9.17, 15) is 9.90 Å². The van der Waals surface area contributed by atoms with Gasteiger partial charge >= 0.3 is 0 Å². The molecule has 1 heterocycles. The standard InChI is InChI=1S/C14H16N2O2S/c1-3-19-8-11-15-13(17)12(14(18)16-11)10-6-4-5-9(2)7-10/h4-7H,3,8H2,1-2H3,(H2,15,16,17,18). The molecule has 0 bridgehead atoms. The van der Waals surface area contributed by atoms with Crippen LogP contribution in [0.4, 0.5) is 0 Å². The van der Waals surface area contributed by atoms with Gasteiger partial charge in [0, 0.05) is 0 Å². The molecular formula is C14H16N2O2S. The van der Waals surface area contributed by atoms with Gasteiger partial charge in [-0.15, -0.1) is 0 Å². The number of aromatic nitrogens is 2. The molecule has 0 amide bonds. The molecule has 1 aromatic carbocycles. The van der Waals surface area contributed by atoms with Crippen molar-refractivity contribution in [1.82, 2.24) is 9.97 Å². The Hall–Kier alpha value is -1.75. The number of benzene rings is 1. The zero-order valence-electron chi connectivity index (χ0n) is 10.9. The van der Waals surface area contributed by atoms with Gasteiger partial charge in [0.25, 0.3) is 5.56 Å². The number of nitrogens with one attached hydrogen (secondary N) is 1. The Kier molecular flexibility index (Phi) is 4.27. The summed E-state index contributed by atoms with van der Waals surface area (Å²) in [7, 11) is 0. The van der Waals surface area contributed by atoms with Crippen molar-refractivity contribution in [3.63, 3.8) is 0 Å². The predicted molar refractivity (Wildman–Crippen MR) is 78.5 cm³/mol. The third kappa shape index (κ3) is 3.17. The smallest absolute Gasteiger partial charge is 0.262 e. The molecule has 0 radical (unpaired) electrons. The summed E-state index contributed by atoms with van der Waals surface area (Å²) in [4.78, 5) is 18.8. The Balaban J connectivity index is 2.45. The highest BCUT2D eigenvalue weighted by molar-refractivity contribution is 7.98. The maximum atomic E-state index is 12.1. The van der Waals surface area contributed by atoms with Crippen LogP contribution in [-0.2, 0) is 5.75 Å². The first-order chi connectivity index (χ1) is 9.11. The average molecular weight is 276 g/mol. The topological polar surface area (TPSA) is 66.0 Å². The van der Waals surface area contributed by atoms with E-state index in [2.05, 4.69) is 9.97 Å². The summed E-state index contributed by atoms with van der Waals surface area (Å²) in [6.07, 6.45) is 0. The Labute approximate surface area is 115 Å². The molecule has 0 aliphatic rings. The molecule has 5 heteroatoms. The highest BCUT2D eigenvalue weighted by atomic mass is 32.2. The normalized spacial score (nSPS) is 10.6. The SMILES string of the molecule is CCSCc1nc(O)c(-c2cccc(C)c2)c(=O)[nH]1. The zero-order valence-corrected chi connectivity index (χ0v) is 11.8. The fourth-order valence-corrected chi connectivity index (χ4v) is 2.37. The van der Waals surface area contributed by atoms with Crippen molar-refractivity contribution < 1.29 is 5.11 Å². The number of aromatic amines is 1. The Morgan fingerprint density at radius 2 is 2.21 bits per heavy atom. The average Bonchev–Trinajstić information content (AvgIpc) is 2.35. The van der Waals surface area contributed by atoms with Crippen LogP contribution >= 0.6 is 11.8 Å². The lowest BCUT2D eigenvalue weighted by molar-refractivity contribution is 0.451. The number of H-pyrrole nitrogens is 1. The lowest BCUT2D eigenvalue weighted by Crippen LogP contribution is -2.13. The van der Waals surface area contributed by atoms with E-state index in [-0.39, 0.29) is 17.0 Å². The Morgan fingerprint density at radius 1 is 1.42 bits per heavy atom. The van der Waals surface area contributed by atoms with E-state index in [1.54, 1.807) is 17.8 Å². The monoisotopic (exact) mass is 276 g/mol. The maximum Gasteiger partial charge on any atom is 0.262 e. The number of aryl methyl sites for hydroxylation is 1. The van der Waals surface area contributed by atoms with Crippen LogP contribution in [0.15, 0.2) is 29.1 Å². The molecule has 19 heavy (non-hydrogen) atoms. The summed E-state index contributed by atoms with van der Waals surface area (Å²) in [5.74, 6) is 1.82. The number of hydrogen-bond donors (Lipinski definition) is 2. The van der Waals surface area contributed by atoms with Crippen LogP contribution in [0.3, 0.4) is 0 Å². The number of thioether (sulfide) groups is 1. The van der Waals surface area contributed by atoms with E-state index >= 15 is 0 Å². The summed E-state index contributed by atoms with van der Waals surface area (Å²) < 4.78 is 0.